The van der Waals surface area contributed by atoms with Crippen LogP contribution in [0, 0.1) is 6.92 Å². The molecule has 1 unspecified atom stereocenters. The van der Waals surface area contributed by atoms with E-state index in [-0.39, 0.29) is 5.91 Å². The number of aryl methyl sites for hydroxylation is 1. The Morgan fingerprint density at radius 1 is 1.06 bits per heavy atom. The maximum absolute atomic E-state index is 13.0. The van der Waals surface area contributed by atoms with Crippen molar-refractivity contribution in [3.8, 4) is 27.7 Å². The van der Waals surface area contributed by atoms with E-state index < -0.39 is 6.10 Å². The fraction of sp³-hybridized carbons (Fsp3) is 0.444. The Morgan fingerprint density at radius 3 is 2.61 bits per heavy atom. The lowest BCUT2D eigenvalue weighted by Gasteiger charge is -2.33. The third kappa shape index (κ3) is 5.44. The number of amides is 1. The van der Waals surface area contributed by atoms with Gasteiger partial charge in [0.25, 0.3) is 5.91 Å². The van der Waals surface area contributed by atoms with E-state index >= 15 is 0 Å². The molecule has 1 aromatic carbocycles. The van der Waals surface area contributed by atoms with Crippen LogP contribution in [0.3, 0.4) is 0 Å². The first kappa shape index (κ1) is 23.4. The Balaban J connectivity index is 1.53. The molecular formula is C27H33N3O2S. The molecule has 0 fully saturated rings. The number of hydrogen-bond acceptors (Lipinski definition) is 5. The maximum atomic E-state index is 13.0. The second-order valence-corrected chi connectivity index (χ2v) is 9.90. The highest BCUT2D eigenvalue weighted by atomic mass is 32.1. The van der Waals surface area contributed by atoms with Crippen molar-refractivity contribution in [3.63, 3.8) is 0 Å². The van der Waals surface area contributed by atoms with E-state index in [9.17, 15) is 4.79 Å². The first-order valence-electron chi connectivity index (χ1n) is 12.1. The van der Waals surface area contributed by atoms with Gasteiger partial charge in [0.2, 0.25) is 0 Å². The van der Waals surface area contributed by atoms with Gasteiger partial charge in [0.15, 0.2) is 6.10 Å². The van der Waals surface area contributed by atoms with Gasteiger partial charge in [0, 0.05) is 23.2 Å². The minimum Gasteiger partial charge on any atom is -0.479 e. The molecule has 3 aromatic rings. The van der Waals surface area contributed by atoms with Gasteiger partial charge in [-0.05, 0) is 50.6 Å². The Hall–Kier alpha value is -2.73. The molecule has 1 amide bonds. The number of fused-ring (bicyclic) bond motifs is 1. The van der Waals surface area contributed by atoms with Crippen LogP contribution in [0.25, 0.3) is 22.0 Å². The SMILES string of the molecule is CCCCCCCCCN1C(=O)C(C)Oc2ccc(-c3nc(-c4ccccn4)sc3C)cc21. The molecule has 1 atom stereocenters. The molecule has 33 heavy (non-hydrogen) atoms. The van der Waals surface area contributed by atoms with Gasteiger partial charge in [-0.1, -0.05) is 51.5 Å². The molecule has 0 radical (unpaired) electrons. The van der Waals surface area contributed by atoms with Gasteiger partial charge >= 0.3 is 0 Å². The Bertz CT molecular complexity index is 1080. The molecule has 0 N–H and O–H groups in total. The topological polar surface area (TPSA) is 55.3 Å². The summed E-state index contributed by atoms with van der Waals surface area (Å²) in [7, 11) is 0. The predicted molar refractivity (Wildman–Crippen MR) is 136 cm³/mol. The lowest BCUT2D eigenvalue weighted by Crippen LogP contribution is -2.44. The van der Waals surface area contributed by atoms with Crippen LogP contribution in [0.4, 0.5) is 5.69 Å². The van der Waals surface area contributed by atoms with E-state index in [2.05, 4.69) is 24.9 Å². The molecule has 1 aliphatic heterocycles. The zero-order valence-electron chi connectivity index (χ0n) is 19.8. The number of ether oxygens (including phenoxy) is 1. The van der Waals surface area contributed by atoms with Crippen molar-refractivity contribution in [2.75, 3.05) is 11.4 Å². The van der Waals surface area contributed by atoms with Crippen molar-refractivity contribution in [2.24, 2.45) is 0 Å². The number of anilines is 1. The minimum absolute atomic E-state index is 0.0369. The van der Waals surface area contributed by atoms with Crippen LogP contribution >= 0.6 is 11.3 Å². The predicted octanol–water partition coefficient (Wildman–Crippen LogP) is 7.05. The van der Waals surface area contributed by atoms with Crippen LogP contribution in [0.15, 0.2) is 42.6 Å². The number of carbonyl (C=O) groups is 1. The first-order chi connectivity index (χ1) is 16.1. The van der Waals surface area contributed by atoms with Crippen LogP contribution in [-0.4, -0.2) is 28.5 Å². The van der Waals surface area contributed by atoms with Crippen LogP contribution in [0.5, 0.6) is 5.75 Å². The minimum atomic E-state index is -0.454. The number of aromatic nitrogens is 2. The van der Waals surface area contributed by atoms with E-state index in [4.69, 9.17) is 9.72 Å². The van der Waals surface area contributed by atoms with Gasteiger partial charge in [-0.15, -0.1) is 11.3 Å². The number of pyridine rings is 1. The smallest absolute Gasteiger partial charge is 0.267 e. The van der Waals surface area contributed by atoms with Gasteiger partial charge in [0.05, 0.1) is 17.1 Å². The zero-order chi connectivity index (χ0) is 23.2. The summed E-state index contributed by atoms with van der Waals surface area (Å²) in [5.74, 6) is 0.807. The van der Waals surface area contributed by atoms with Crippen LogP contribution in [0.1, 0.15) is 63.7 Å². The van der Waals surface area contributed by atoms with Gasteiger partial charge in [-0.25, -0.2) is 4.98 Å². The molecule has 0 aliphatic carbocycles. The number of carbonyl (C=O) groups excluding carboxylic acids is 1. The van der Waals surface area contributed by atoms with Crippen LogP contribution in [-0.2, 0) is 4.79 Å². The molecule has 4 rings (SSSR count). The molecule has 6 heteroatoms. The van der Waals surface area contributed by atoms with Crippen molar-refractivity contribution >= 4 is 22.9 Å². The molecule has 174 valence electrons. The van der Waals surface area contributed by atoms with Crippen molar-refractivity contribution in [3.05, 3.63) is 47.5 Å². The van der Waals surface area contributed by atoms with Crippen molar-refractivity contribution < 1.29 is 9.53 Å². The average Bonchev–Trinajstić information content (AvgIpc) is 3.22. The molecule has 0 saturated carbocycles. The van der Waals surface area contributed by atoms with Gasteiger partial charge in [-0.2, -0.15) is 0 Å². The highest BCUT2D eigenvalue weighted by Crippen LogP contribution is 2.40. The largest absolute Gasteiger partial charge is 0.479 e. The van der Waals surface area contributed by atoms with Crippen molar-refractivity contribution in [1.29, 1.82) is 0 Å². The van der Waals surface area contributed by atoms with Gasteiger partial charge < -0.3 is 9.64 Å². The molecule has 5 nitrogen and oxygen atoms in total. The Labute approximate surface area is 200 Å². The van der Waals surface area contributed by atoms with Crippen LogP contribution in [0.2, 0.25) is 0 Å². The zero-order valence-corrected chi connectivity index (χ0v) is 20.7. The number of rotatable bonds is 10. The molecule has 3 heterocycles. The summed E-state index contributed by atoms with van der Waals surface area (Å²) in [6.07, 6.45) is 9.89. The summed E-state index contributed by atoms with van der Waals surface area (Å²) >= 11 is 1.64. The molecule has 2 aromatic heterocycles. The second-order valence-electron chi connectivity index (χ2n) is 8.69. The van der Waals surface area contributed by atoms with E-state index in [0.717, 1.165) is 57.7 Å². The molecular weight excluding hydrogens is 430 g/mol. The maximum Gasteiger partial charge on any atom is 0.267 e. The van der Waals surface area contributed by atoms with Gasteiger partial charge in [0.1, 0.15) is 10.8 Å². The third-order valence-electron chi connectivity index (χ3n) is 6.11. The van der Waals surface area contributed by atoms with E-state index in [1.54, 1.807) is 17.5 Å². The summed E-state index contributed by atoms with van der Waals surface area (Å²) in [5.41, 5.74) is 3.67. The van der Waals surface area contributed by atoms with Crippen molar-refractivity contribution in [2.45, 2.75) is 71.8 Å². The highest BCUT2D eigenvalue weighted by Gasteiger charge is 2.31. The summed E-state index contributed by atoms with van der Waals surface area (Å²) in [4.78, 5) is 25.3. The number of hydrogen-bond donors (Lipinski definition) is 0. The fourth-order valence-corrected chi connectivity index (χ4v) is 5.19. The monoisotopic (exact) mass is 463 g/mol. The summed E-state index contributed by atoms with van der Waals surface area (Å²) in [5, 5.41) is 0.904. The first-order valence-corrected chi connectivity index (χ1v) is 12.9. The normalized spacial score (nSPS) is 15.4. The standard InChI is InChI=1S/C27H33N3O2S/c1-4-5-6-7-8-9-12-17-30-23-18-21(14-15-24(23)32-19(2)27(30)31)25-20(3)33-26(29-25)22-13-10-11-16-28-22/h10-11,13-16,18-19H,4-9,12,17H2,1-3H3. The van der Waals surface area contributed by atoms with E-state index in [1.165, 1.54) is 32.1 Å². The number of nitrogens with zero attached hydrogens (tertiary/aromatic N) is 3. The lowest BCUT2D eigenvalue weighted by atomic mass is 10.1. The van der Waals surface area contributed by atoms with Crippen molar-refractivity contribution in [1.82, 2.24) is 9.97 Å². The molecule has 0 bridgehead atoms. The van der Waals surface area contributed by atoms with E-state index in [0.29, 0.717) is 0 Å². The van der Waals surface area contributed by atoms with Crippen LogP contribution < -0.4 is 9.64 Å². The summed E-state index contributed by atoms with van der Waals surface area (Å²) in [6.45, 7) is 6.88. The Kier molecular flexibility index (Phi) is 7.76. The van der Waals surface area contributed by atoms with E-state index in [1.807, 2.05) is 42.2 Å². The number of benzene rings is 1. The van der Waals surface area contributed by atoms with Gasteiger partial charge in [-0.3, -0.25) is 9.78 Å². The molecule has 0 saturated heterocycles. The number of unbranched alkanes of at least 4 members (excludes halogenated alkanes) is 6. The third-order valence-corrected chi connectivity index (χ3v) is 7.10. The molecule has 1 aliphatic rings. The highest BCUT2D eigenvalue weighted by molar-refractivity contribution is 7.15. The number of thiazole rings is 1. The second kappa shape index (κ2) is 10.9. The fourth-order valence-electron chi connectivity index (χ4n) is 4.28. The summed E-state index contributed by atoms with van der Waals surface area (Å²) in [6, 6.07) is 11.9. The quantitative estimate of drug-likeness (QED) is 0.302. The molecule has 0 spiro atoms. The summed E-state index contributed by atoms with van der Waals surface area (Å²) < 4.78 is 5.92. The Morgan fingerprint density at radius 2 is 1.85 bits per heavy atom. The average molecular weight is 464 g/mol. The lowest BCUT2D eigenvalue weighted by molar-refractivity contribution is -0.125.